The van der Waals surface area contributed by atoms with Gasteiger partial charge in [0.2, 0.25) is 5.78 Å². The number of carbonyl (C=O) groups is 1. The smallest absolute Gasteiger partial charge is 0.200 e. The first kappa shape index (κ1) is 11.2. The third kappa shape index (κ3) is 2.07. The lowest BCUT2D eigenvalue weighted by Crippen LogP contribution is -2.19. The molecule has 18 heavy (non-hydrogen) atoms. The number of Topliss-reactive ketones (excluding diaryl/α,β-unsaturated/α-hetero) is 1. The predicted octanol–water partition coefficient (Wildman–Crippen LogP) is 2.30. The van der Waals surface area contributed by atoms with Crippen LogP contribution < -0.4 is 0 Å². The van der Waals surface area contributed by atoms with Gasteiger partial charge in [-0.3, -0.25) is 4.79 Å². The summed E-state index contributed by atoms with van der Waals surface area (Å²) in [5.74, 6) is 0.392. The van der Waals surface area contributed by atoms with Crippen molar-refractivity contribution in [1.82, 2.24) is 9.97 Å². The van der Waals surface area contributed by atoms with Gasteiger partial charge in [0.05, 0.1) is 12.7 Å². The van der Waals surface area contributed by atoms with E-state index in [0.717, 1.165) is 12.0 Å². The molecule has 92 valence electrons. The average molecular weight is 242 g/mol. The summed E-state index contributed by atoms with van der Waals surface area (Å²) < 4.78 is 5.71. The molecule has 0 spiro atoms. The largest absolute Gasteiger partial charge is 0.373 e. The Bertz CT molecular complexity index is 549. The predicted molar refractivity (Wildman–Crippen MR) is 66.4 cm³/mol. The number of H-pyrrole nitrogens is 1. The number of rotatable bonds is 3. The fourth-order valence-electron chi connectivity index (χ4n) is 2.33. The maximum Gasteiger partial charge on any atom is 0.200 e. The zero-order chi connectivity index (χ0) is 12.4. The number of aromatic nitrogens is 2. The van der Waals surface area contributed by atoms with Crippen LogP contribution >= 0.6 is 0 Å². The van der Waals surface area contributed by atoms with Gasteiger partial charge in [0.1, 0.15) is 0 Å². The number of ether oxygens (including phenoxy) is 1. The number of fused-ring (bicyclic) bond motifs is 1. The standard InChI is InChI=1S/C14H14N2O2/c17-12(14-15-6-7-16-14)9-13-11-4-2-1-3-10(11)5-8-18-13/h1-4,6-7,13H,5,8-9H2,(H,15,16). The minimum absolute atomic E-state index is 0.0123. The van der Waals surface area contributed by atoms with E-state index in [1.807, 2.05) is 18.2 Å². The van der Waals surface area contributed by atoms with Crippen molar-refractivity contribution in [3.63, 3.8) is 0 Å². The number of hydrogen-bond acceptors (Lipinski definition) is 3. The van der Waals surface area contributed by atoms with Crippen LogP contribution in [0.25, 0.3) is 0 Å². The molecular weight excluding hydrogens is 228 g/mol. The van der Waals surface area contributed by atoms with Gasteiger partial charge in [0, 0.05) is 18.8 Å². The zero-order valence-electron chi connectivity index (χ0n) is 9.93. The summed E-state index contributed by atoms with van der Waals surface area (Å²) in [7, 11) is 0. The molecule has 0 amide bonds. The molecule has 1 aliphatic heterocycles. The third-order valence-corrected chi connectivity index (χ3v) is 3.23. The molecule has 3 rings (SSSR count). The minimum atomic E-state index is -0.146. The number of imidazole rings is 1. The van der Waals surface area contributed by atoms with Crippen LogP contribution in [0.1, 0.15) is 34.3 Å². The van der Waals surface area contributed by atoms with Gasteiger partial charge < -0.3 is 9.72 Å². The highest BCUT2D eigenvalue weighted by molar-refractivity contribution is 5.92. The number of nitrogens with zero attached hydrogens (tertiary/aromatic N) is 1. The molecule has 4 heteroatoms. The van der Waals surface area contributed by atoms with Crippen molar-refractivity contribution in [2.24, 2.45) is 0 Å². The maximum absolute atomic E-state index is 12.0. The lowest BCUT2D eigenvalue weighted by molar-refractivity contribution is 0.0349. The van der Waals surface area contributed by atoms with Crippen molar-refractivity contribution in [2.45, 2.75) is 18.9 Å². The van der Waals surface area contributed by atoms with Crippen LogP contribution in [-0.4, -0.2) is 22.4 Å². The van der Waals surface area contributed by atoms with Crippen molar-refractivity contribution in [1.29, 1.82) is 0 Å². The Morgan fingerprint density at radius 2 is 2.33 bits per heavy atom. The second kappa shape index (κ2) is 4.74. The molecule has 0 saturated carbocycles. The van der Waals surface area contributed by atoms with Crippen molar-refractivity contribution in [2.75, 3.05) is 6.61 Å². The summed E-state index contributed by atoms with van der Waals surface area (Å²) in [5, 5.41) is 0. The van der Waals surface area contributed by atoms with E-state index in [9.17, 15) is 4.79 Å². The molecule has 1 unspecified atom stereocenters. The van der Waals surface area contributed by atoms with Gasteiger partial charge in [-0.1, -0.05) is 24.3 Å². The molecule has 0 aliphatic carbocycles. The van der Waals surface area contributed by atoms with E-state index in [1.54, 1.807) is 12.4 Å². The van der Waals surface area contributed by atoms with E-state index in [2.05, 4.69) is 16.0 Å². The van der Waals surface area contributed by atoms with Gasteiger partial charge in [-0.15, -0.1) is 0 Å². The highest BCUT2D eigenvalue weighted by Gasteiger charge is 2.24. The van der Waals surface area contributed by atoms with E-state index in [4.69, 9.17) is 4.74 Å². The topological polar surface area (TPSA) is 55.0 Å². The summed E-state index contributed by atoms with van der Waals surface area (Å²) in [6.45, 7) is 0.674. The van der Waals surface area contributed by atoms with Gasteiger partial charge >= 0.3 is 0 Å². The van der Waals surface area contributed by atoms with Crippen LogP contribution in [0, 0.1) is 0 Å². The fraction of sp³-hybridized carbons (Fsp3) is 0.286. The Hall–Kier alpha value is -1.94. The summed E-state index contributed by atoms with van der Waals surface area (Å²) in [4.78, 5) is 18.8. The molecule has 4 nitrogen and oxygen atoms in total. The average Bonchev–Trinajstić information content (AvgIpc) is 2.93. The molecule has 1 atom stereocenters. The number of carbonyl (C=O) groups excluding carboxylic acids is 1. The Kier molecular flexibility index (Phi) is 2.94. The summed E-state index contributed by atoms with van der Waals surface area (Å²) in [5.41, 5.74) is 2.41. The number of ketones is 1. The highest BCUT2D eigenvalue weighted by Crippen LogP contribution is 2.30. The lowest BCUT2D eigenvalue weighted by Gasteiger charge is -2.25. The van der Waals surface area contributed by atoms with Gasteiger partial charge in [0.25, 0.3) is 0 Å². The number of aromatic amines is 1. The van der Waals surface area contributed by atoms with Crippen molar-refractivity contribution >= 4 is 5.78 Å². The number of hydrogen-bond donors (Lipinski definition) is 1. The van der Waals surface area contributed by atoms with Gasteiger partial charge in [-0.25, -0.2) is 4.98 Å². The first-order chi connectivity index (χ1) is 8.84. The maximum atomic E-state index is 12.0. The van der Waals surface area contributed by atoms with Crippen molar-refractivity contribution < 1.29 is 9.53 Å². The third-order valence-electron chi connectivity index (χ3n) is 3.23. The molecule has 2 heterocycles. The molecule has 0 fully saturated rings. The molecular formula is C14H14N2O2. The molecule has 1 N–H and O–H groups in total. The second-order valence-electron chi connectivity index (χ2n) is 4.37. The molecule has 0 radical (unpaired) electrons. The van der Waals surface area contributed by atoms with E-state index in [-0.39, 0.29) is 11.9 Å². The highest BCUT2D eigenvalue weighted by atomic mass is 16.5. The van der Waals surface area contributed by atoms with E-state index in [0.29, 0.717) is 18.9 Å². The Morgan fingerprint density at radius 1 is 1.44 bits per heavy atom. The quantitative estimate of drug-likeness (QED) is 0.840. The monoisotopic (exact) mass is 242 g/mol. The van der Waals surface area contributed by atoms with Crippen molar-refractivity contribution in [3.05, 3.63) is 53.6 Å². The van der Waals surface area contributed by atoms with Crippen LogP contribution in [0.3, 0.4) is 0 Å². The second-order valence-corrected chi connectivity index (χ2v) is 4.37. The van der Waals surface area contributed by atoms with Gasteiger partial charge in [-0.2, -0.15) is 0 Å². The normalized spacial score (nSPS) is 18.3. The Balaban J connectivity index is 1.80. The van der Waals surface area contributed by atoms with E-state index < -0.39 is 0 Å². The van der Waals surface area contributed by atoms with Crippen LogP contribution in [0.4, 0.5) is 0 Å². The molecule has 1 aromatic carbocycles. The fourth-order valence-corrected chi connectivity index (χ4v) is 2.33. The summed E-state index contributed by atoms with van der Waals surface area (Å²) in [6, 6.07) is 8.14. The Morgan fingerprint density at radius 3 is 3.17 bits per heavy atom. The molecule has 0 saturated heterocycles. The van der Waals surface area contributed by atoms with Crippen molar-refractivity contribution in [3.8, 4) is 0 Å². The molecule has 2 aromatic rings. The van der Waals surface area contributed by atoms with Crippen LogP contribution in [-0.2, 0) is 11.2 Å². The van der Waals surface area contributed by atoms with Gasteiger partial charge in [0.15, 0.2) is 5.82 Å². The summed E-state index contributed by atoms with van der Waals surface area (Å²) in [6.07, 6.45) is 4.35. The SMILES string of the molecule is O=C(CC1OCCc2ccccc21)c1ncc[nH]1. The zero-order valence-corrected chi connectivity index (χ0v) is 9.93. The van der Waals surface area contributed by atoms with Crippen LogP contribution in [0.5, 0.6) is 0 Å². The Labute approximate surface area is 105 Å². The number of benzene rings is 1. The lowest BCUT2D eigenvalue weighted by atomic mass is 9.94. The minimum Gasteiger partial charge on any atom is -0.373 e. The molecule has 0 bridgehead atoms. The molecule has 1 aromatic heterocycles. The molecule has 1 aliphatic rings. The van der Waals surface area contributed by atoms with Crippen LogP contribution in [0.15, 0.2) is 36.7 Å². The first-order valence-corrected chi connectivity index (χ1v) is 6.06. The van der Waals surface area contributed by atoms with Gasteiger partial charge in [-0.05, 0) is 17.5 Å². The number of nitrogens with one attached hydrogen (secondary N) is 1. The van der Waals surface area contributed by atoms with E-state index >= 15 is 0 Å². The first-order valence-electron chi connectivity index (χ1n) is 6.06. The van der Waals surface area contributed by atoms with Crippen LogP contribution in [0.2, 0.25) is 0 Å². The van der Waals surface area contributed by atoms with E-state index in [1.165, 1.54) is 5.56 Å². The summed E-state index contributed by atoms with van der Waals surface area (Å²) >= 11 is 0.